The van der Waals surface area contributed by atoms with Crippen LogP contribution in [-0.2, 0) is 32.8 Å². The maximum atomic E-state index is 12.9. The van der Waals surface area contributed by atoms with Crippen LogP contribution in [0.5, 0.6) is 0 Å². The molecule has 0 spiro atoms. The van der Waals surface area contributed by atoms with E-state index in [2.05, 4.69) is 31.4 Å². The number of carboxylic acid groups (broad SMARTS) is 1. The summed E-state index contributed by atoms with van der Waals surface area (Å²) < 4.78 is 5.23. The van der Waals surface area contributed by atoms with Crippen LogP contribution >= 0.6 is 0 Å². The van der Waals surface area contributed by atoms with Crippen LogP contribution in [0, 0.1) is 5.92 Å². The summed E-state index contributed by atoms with van der Waals surface area (Å²) in [5.74, 6) is -1.59. The monoisotopic (exact) mass is 468 g/mol. The summed E-state index contributed by atoms with van der Waals surface area (Å²) in [6.45, 7) is 10.2. The van der Waals surface area contributed by atoms with Gasteiger partial charge >= 0.3 is 12.1 Å². The second-order valence-electron chi connectivity index (χ2n) is 9.94. The second kappa shape index (κ2) is 12.2. The minimum atomic E-state index is -1.14. The van der Waals surface area contributed by atoms with Gasteiger partial charge in [0, 0.05) is 6.42 Å². The van der Waals surface area contributed by atoms with Crippen molar-refractivity contribution in [2.45, 2.75) is 71.6 Å². The zero-order valence-corrected chi connectivity index (χ0v) is 20.6. The maximum absolute atomic E-state index is 12.9. The van der Waals surface area contributed by atoms with Gasteiger partial charge in [-0.25, -0.2) is 9.59 Å². The molecule has 0 heterocycles. The lowest BCUT2D eigenvalue weighted by Gasteiger charge is -2.23. The largest absolute Gasteiger partial charge is 0.480 e. The van der Waals surface area contributed by atoms with Crippen molar-refractivity contribution in [3.05, 3.63) is 71.3 Å². The van der Waals surface area contributed by atoms with E-state index < -0.39 is 30.1 Å². The first-order chi connectivity index (χ1) is 16.0. The standard InChI is InChI=1S/C27H36N2O5/c1-18(2)15-22(29-26(33)34-17-20-9-7-6-8-10-20)24(30)28-23(25(31)32)16-19-11-13-21(14-12-19)27(3,4)5/h6-14,18,22-23H,15-17H2,1-5H3,(H,28,30)(H,29,33)(H,31,32)/t22-,23+/m0/s1. The zero-order chi connectivity index (χ0) is 25.3. The number of carbonyl (C=O) groups is 3. The van der Waals surface area contributed by atoms with Gasteiger partial charge in [0.1, 0.15) is 18.7 Å². The average molecular weight is 469 g/mol. The number of carbonyl (C=O) groups excluding carboxylic acids is 2. The number of hydrogen-bond acceptors (Lipinski definition) is 4. The third-order valence-electron chi connectivity index (χ3n) is 5.40. The van der Waals surface area contributed by atoms with E-state index in [0.29, 0.717) is 6.42 Å². The van der Waals surface area contributed by atoms with E-state index in [1.807, 2.05) is 68.4 Å². The Morgan fingerprint density at radius 2 is 1.50 bits per heavy atom. The van der Waals surface area contributed by atoms with Gasteiger partial charge in [-0.2, -0.15) is 0 Å². The molecule has 0 radical (unpaired) electrons. The summed E-state index contributed by atoms with van der Waals surface area (Å²) in [5, 5.41) is 14.9. The first-order valence-corrected chi connectivity index (χ1v) is 11.6. The number of ether oxygens (including phenoxy) is 1. The Morgan fingerprint density at radius 1 is 0.882 bits per heavy atom. The Balaban J connectivity index is 2.02. The van der Waals surface area contributed by atoms with Crippen molar-refractivity contribution in [1.29, 1.82) is 0 Å². The van der Waals surface area contributed by atoms with Gasteiger partial charge in [-0.3, -0.25) is 4.79 Å². The third-order valence-corrected chi connectivity index (χ3v) is 5.40. The molecule has 34 heavy (non-hydrogen) atoms. The molecule has 0 saturated carbocycles. The molecule has 7 heteroatoms. The van der Waals surface area contributed by atoms with Crippen LogP contribution in [-0.4, -0.2) is 35.2 Å². The number of aliphatic carboxylic acids is 1. The van der Waals surface area contributed by atoms with Crippen LogP contribution in [0.25, 0.3) is 0 Å². The molecule has 0 aliphatic carbocycles. The summed E-state index contributed by atoms with van der Waals surface area (Å²) in [5.41, 5.74) is 2.76. The van der Waals surface area contributed by atoms with Crippen LogP contribution in [0.15, 0.2) is 54.6 Å². The molecule has 2 amide bonds. The Hall–Kier alpha value is -3.35. The minimum absolute atomic E-state index is 0.0101. The normalized spacial score (nSPS) is 13.1. The molecule has 0 saturated heterocycles. The van der Waals surface area contributed by atoms with Gasteiger partial charge in [0.25, 0.3) is 0 Å². The fourth-order valence-electron chi connectivity index (χ4n) is 3.46. The van der Waals surface area contributed by atoms with E-state index in [9.17, 15) is 19.5 Å². The molecule has 7 nitrogen and oxygen atoms in total. The van der Waals surface area contributed by atoms with Crippen molar-refractivity contribution in [3.63, 3.8) is 0 Å². The van der Waals surface area contributed by atoms with E-state index in [0.717, 1.165) is 16.7 Å². The maximum Gasteiger partial charge on any atom is 0.408 e. The molecule has 0 aromatic heterocycles. The van der Waals surface area contributed by atoms with E-state index in [4.69, 9.17) is 4.74 Å². The SMILES string of the molecule is CC(C)C[C@H](NC(=O)OCc1ccccc1)C(=O)N[C@H](Cc1ccc(C(C)(C)C)cc1)C(=O)O. The summed E-state index contributed by atoms with van der Waals surface area (Å²) in [6.07, 6.45) is -0.244. The first-order valence-electron chi connectivity index (χ1n) is 11.6. The van der Waals surface area contributed by atoms with E-state index in [1.54, 1.807) is 0 Å². The summed E-state index contributed by atoms with van der Waals surface area (Å²) in [4.78, 5) is 37.1. The molecular formula is C27H36N2O5. The molecule has 2 atom stereocenters. The number of rotatable bonds is 10. The highest BCUT2D eigenvalue weighted by atomic mass is 16.5. The predicted octanol–water partition coefficient (Wildman–Crippen LogP) is 4.44. The van der Waals surface area contributed by atoms with Gasteiger partial charge in [-0.05, 0) is 34.4 Å². The molecule has 184 valence electrons. The summed E-state index contributed by atoms with van der Waals surface area (Å²) in [7, 11) is 0. The second-order valence-corrected chi connectivity index (χ2v) is 9.94. The van der Waals surface area contributed by atoms with Crippen molar-refractivity contribution in [1.82, 2.24) is 10.6 Å². The fourth-order valence-corrected chi connectivity index (χ4v) is 3.46. The Morgan fingerprint density at radius 3 is 2.03 bits per heavy atom. The minimum Gasteiger partial charge on any atom is -0.480 e. The van der Waals surface area contributed by atoms with Gasteiger partial charge in [-0.1, -0.05) is 89.2 Å². The number of hydrogen-bond donors (Lipinski definition) is 3. The number of benzene rings is 2. The van der Waals surface area contributed by atoms with Gasteiger partial charge in [0.2, 0.25) is 5.91 Å². The highest BCUT2D eigenvalue weighted by Gasteiger charge is 2.28. The Kier molecular flexibility index (Phi) is 9.66. The van der Waals surface area contributed by atoms with Gasteiger partial charge in [0.15, 0.2) is 0 Å². The Bertz CT molecular complexity index is 949. The van der Waals surface area contributed by atoms with Gasteiger partial charge in [-0.15, -0.1) is 0 Å². The summed E-state index contributed by atoms with van der Waals surface area (Å²) in [6, 6.07) is 14.9. The molecule has 0 fully saturated rings. The molecule has 3 N–H and O–H groups in total. The van der Waals surface area contributed by atoms with Crippen LogP contribution < -0.4 is 10.6 Å². The van der Waals surface area contributed by atoms with Gasteiger partial charge in [0.05, 0.1) is 0 Å². The smallest absolute Gasteiger partial charge is 0.408 e. The molecular weight excluding hydrogens is 432 g/mol. The summed E-state index contributed by atoms with van der Waals surface area (Å²) >= 11 is 0. The lowest BCUT2D eigenvalue weighted by Crippen LogP contribution is -2.52. The number of carboxylic acids is 1. The molecule has 0 unspecified atom stereocenters. The number of amides is 2. The molecule has 0 aliphatic rings. The van der Waals surface area contributed by atoms with Crippen molar-refractivity contribution in [3.8, 4) is 0 Å². The van der Waals surface area contributed by atoms with Crippen molar-refractivity contribution < 1.29 is 24.2 Å². The lowest BCUT2D eigenvalue weighted by molar-refractivity contribution is -0.142. The first kappa shape index (κ1) is 26.9. The highest BCUT2D eigenvalue weighted by Crippen LogP contribution is 2.22. The molecule has 2 rings (SSSR count). The van der Waals surface area contributed by atoms with E-state index in [-0.39, 0.29) is 24.4 Å². The molecule has 0 aliphatic heterocycles. The van der Waals surface area contributed by atoms with E-state index >= 15 is 0 Å². The van der Waals surface area contributed by atoms with Gasteiger partial charge < -0.3 is 20.5 Å². The number of nitrogens with one attached hydrogen (secondary N) is 2. The Labute approximate surface area is 201 Å². The van der Waals surface area contributed by atoms with Crippen molar-refractivity contribution in [2.75, 3.05) is 0 Å². The third kappa shape index (κ3) is 8.89. The predicted molar refractivity (Wildman–Crippen MR) is 131 cm³/mol. The molecule has 2 aromatic carbocycles. The van der Waals surface area contributed by atoms with Crippen LogP contribution in [0.3, 0.4) is 0 Å². The quantitative estimate of drug-likeness (QED) is 0.478. The molecule has 2 aromatic rings. The fraction of sp³-hybridized carbons (Fsp3) is 0.444. The average Bonchev–Trinajstić information content (AvgIpc) is 2.77. The highest BCUT2D eigenvalue weighted by molar-refractivity contribution is 5.89. The van der Waals surface area contributed by atoms with Crippen LogP contribution in [0.1, 0.15) is 57.7 Å². The van der Waals surface area contributed by atoms with Crippen molar-refractivity contribution in [2.24, 2.45) is 5.92 Å². The van der Waals surface area contributed by atoms with E-state index in [1.165, 1.54) is 0 Å². The van der Waals surface area contributed by atoms with Crippen LogP contribution in [0.2, 0.25) is 0 Å². The zero-order valence-electron chi connectivity index (χ0n) is 20.6. The lowest BCUT2D eigenvalue weighted by atomic mass is 9.86. The topological polar surface area (TPSA) is 105 Å². The number of alkyl carbamates (subject to hydrolysis) is 1. The molecule has 0 bridgehead atoms. The van der Waals surface area contributed by atoms with Crippen LogP contribution in [0.4, 0.5) is 4.79 Å². The van der Waals surface area contributed by atoms with Crippen molar-refractivity contribution >= 4 is 18.0 Å².